The fourth-order valence-corrected chi connectivity index (χ4v) is 5.77. The molecule has 0 saturated heterocycles. The van der Waals surface area contributed by atoms with Gasteiger partial charge in [0.15, 0.2) is 0 Å². The van der Waals surface area contributed by atoms with Gasteiger partial charge in [0.25, 0.3) is 0 Å². The minimum atomic E-state index is -2.99. The SMILES string of the molecule is CS(=O)(=O)CCNCc1nc(-c2ccc3ncnc(Nc4ccc5c(cnn5Cc5ccccc5)c4)c3c2)cs1.Cl.Cl. The molecule has 2 N–H and O–H groups in total. The van der Waals surface area contributed by atoms with Crippen LogP contribution < -0.4 is 10.6 Å². The first-order valence-corrected chi connectivity index (χ1v) is 15.7. The largest absolute Gasteiger partial charge is 0.340 e. The summed E-state index contributed by atoms with van der Waals surface area (Å²) < 4.78 is 24.7. The summed E-state index contributed by atoms with van der Waals surface area (Å²) in [5.41, 5.74) is 5.82. The lowest BCUT2D eigenvalue weighted by atomic mass is 10.1. The zero-order valence-electron chi connectivity index (χ0n) is 22.6. The van der Waals surface area contributed by atoms with Gasteiger partial charge in [-0.15, -0.1) is 36.2 Å². The molecule has 0 amide bonds. The fraction of sp³-hybridized carbons (Fsp3) is 0.172. The van der Waals surface area contributed by atoms with Crippen LogP contribution in [0.1, 0.15) is 10.6 Å². The molecule has 3 heterocycles. The maximum absolute atomic E-state index is 11.3. The molecule has 0 saturated carbocycles. The third-order valence-electron chi connectivity index (χ3n) is 6.49. The van der Waals surface area contributed by atoms with Gasteiger partial charge in [-0.25, -0.2) is 23.4 Å². The van der Waals surface area contributed by atoms with E-state index in [4.69, 9.17) is 4.98 Å². The average molecular weight is 643 g/mol. The normalized spacial score (nSPS) is 11.3. The Hall–Kier alpha value is -3.61. The van der Waals surface area contributed by atoms with E-state index in [2.05, 4.69) is 50.0 Å². The lowest BCUT2D eigenvalue weighted by Crippen LogP contribution is -2.21. The smallest absolute Gasteiger partial charge is 0.148 e. The predicted octanol–water partition coefficient (Wildman–Crippen LogP) is 5.87. The predicted molar refractivity (Wildman–Crippen MR) is 175 cm³/mol. The van der Waals surface area contributed by atoms with Crippen molar-refractivity contribution in [1.82, 2.24) is 30.0 Å². The highest BCUT2D eigenvalue weighted by molar-refractivity contribution is 7.90. The highest BCUT2D eigenvalue weighted by Crippen LogP contribution is 2.30. The van der Waals surface area contributed by atoms with Crippen molar-refractivity contribution in [3.05, 3.63) is 95.2 Å². The highest BCUT2D eigenvalue weighted by atomic mass is 35.5. The van der Waals surface area contributed by atoms with E-state index in [9.17, 15) is 8.42 Å². The number of nitrogens with one attached hydrogen (secondary N) is 2. The number of rotatable bonds is 10. The standard InChI is InChI=1S/C29H27N7O2S2.2ClH/c1-40(37,38)12-11-30-16-28-35-26(18-39-28)21-7-9-25-24(14-21)29(32-19-31-25)34-23-8-10-27-22(13-23)15-33-36(27)17-20-5-3-2-4-6-20;;/h2-10,13-15,18-19,30H,11-12,16-17H2,1H3,(H,31,32,34);2*1H. The number of hydrogen-bond donors (Lipinski definition) is 2. The van der Waals surface area contributed by atoms with Gasteiger partial charge in [-0.1, -0.05) is 36.4 Å². The number of anilines is 2. The van der Waals surface area contributed by atoms with Crippen LogP contribution in [0.15, 0.2) is 84.6 Å². The molecule has 0 bridgehead atoms. The number of fused-ring (bicyclic) bond motifs is 2. The molecule has 0 atom stereocenters. The van der Waals surface area contributed by atoms with Gasteiger partial charge in [0.05, 0.1) is 35.2 Å². The lowest BCUT2D eigenvalue weighted by molar-refractivity contribution is 0.596. The van der Waals surface area contributed by atoms with Crippen molar-refractivity contribution in [3.8, 4) is 11.3 Å². The van der Waals surface area contributed by atoms with Crippen LogP contribution in [-0.2, 0) is 22.9 Å². The summed E-state index contributed by atoms with van der Waals surface area (Å²) in [6.07, 6.45) is 4.68. The van der Waals surface area contributed by atoms with E-state index in [0.717, 1.165) is 43.8 Å². The molecule has 6 aromatic rings. The molecule has 0 aliphatic rings. The van der Waals surface area contributed by atoms with Crippen LogP contribution in [0, 0.1) is 0 Å². The Balaban J connectivity index is 0.00000202. The van der Waals surface area contributed by atoms with Gasteiger partial charge >= 0.3 is 0 Å². The molecule has 0 aliphatic heterocycles. The third-order valence-corrected chi connectivity index (χ3v) is 8.28. The highest BCUT2D eigenvalue weighted by Gasteiger charge is 2.11. The molecule has 3 aromatic heterocycles. The monoisotopic (exact) mass is 641 g/mol. The van der Waals surface area contributed by atoms with Crippen LogP contribution in [0.25, 0.3) is 33.1 Å². The Kier molecular flexibility index (Phi) is 10.1. The number of thiazole rings is 1. The Morgan fingerprint density at radius 2 is 1.81 bits per heavy atom. The molecule has 13 heteroatoms. The van der Waals surface area contributed by atoms with Crippen LogP contribution in [0.4, 0.5) is 11.5 Å². The van der Waals surface area contributed by atoms with Crippen LogP contribution in [0.2, 0.25) is 0 Å². The Bertz CT molecular complexity index is 1910. The zero-order chi connectivity index (χ0) is 27.5. The lowest BCUT2D eigenvalue weighted by Gasteiger charge is -2.10. The van der Waals surface area contributed by atoms with E-state index < -0.39 is 9.84 Å². The summed E-state index contributed by atoms with van der Waals surface area (Å²) in [5.74, 6) is 0.815. The molecule has 3 aromatic carbocycles. The molecular weight excluding hydrogens is 613 g/mol. The van der Waals surface area contributed by atoms with E-state index in [1.54, 1.807) is 17.7 Å². The number of aromatic nitrogens is 5. The first-order chi connectivity index (χ1) is 19.4. The van der Waals surface area contributed by atoms with Crippen molar-refractivity contribution < 1.29 is 8.42 Å². The van der Waals surface area contributed by atoms with Gasteiger partial charge < -0.3 is 10.6 Å². The van der Waals surface area contributed by atoms with Gasteiger partial charge in [-0.05, 0) is 35.9 Å². The summed E-state index contributed by atoms with van der Waals surface area (Å²) in [6.45, 7) is 1.63. The molecule has 0 unspecified atom stereocenters. The Labute approximate surface area is 260 Å². The van der Waals surface area contributed by atoms with E-state index >= 15 is 0 Å². The molecule has 42 heavy (non-hydrogen) atoms. The van der Waals surface area contributed by atoms with E-state index in [1.165, 1.54) is 11.8 Å². The van der Waals surface area contributed by atoms with Crippen molar-refractivity contribution in [3.63, 3.8) is 0 Å². The van der Waals surface area contributed by atoms with Gasteiger partial charge in [0.2, 0.25) is 0 Å². The molecular formula is C29H29Cl2N7O2S2. The molecule has 218 valence electrons. The van der Waals surface area contributed by atoms with E-state index in [-0.39, 0.29) is 30.6 Å². The summed E-state index contributed by atoms with van der Waals surface area (Å²) in [4.78, 5) is 13.7. The van der Waals surface area contributed by atoms with Gasteiger partial charge in [0, 0.05) is 46.7 Å². The quantitative estimate of drug-likeness (QED) is 0.178. The summed E-state index contributed by atoms with van der Waals surface area (Å²) in [6, 6.07) is 22.5. The van der Waals surface area contributed by atoms with Crippen molar-refractivity contribution in [1.29, 1.82) is 0 Å². The number of benzene rings is 3. The topological polar surface area (TPSA) is 115 Å². The van der Waals surface area contributed by atoms with Crippen molar-refractivity contribution >= 4 is 79.3 Å². The Morgan fingerprint density at radius 3 is 2.62 bits per heavy atom. The minimum Gasteiger partial charge on any atom is -0.340 e. The van der Waals surface area contributed by atoms with E-state index in [1.807, 2.05) is 58.7 Å². The molecule has 0 radical (unpaired) electrons. The minimum absolute atomic E-state index is 0. The molecule has 0 spiro atoms. The van der Waals surface area contributed by atoms with Crippen LogP contribution in [0.3, 0.4) is 0 Å². The van der Waals surface area contributed by atoms with Gasteiger partial charge in [0.1, 0.15) is 27.0 Å². The second-order valence-corrected chi connectivity index (χ2v) is 12.8. The fourth-order valence-electron chi connectivity index (χ4n) is 4.48. The van der Waals surface area contributed by atoms with Gasteiger partial charge in [-0.3, -0.25) is 4.68 Å². The summed E-state index contributed by atoms with van der Waals surface area (Å²) in [5, 5.41) is 16.0. The van der Waals surface area contributed by atoms with Crippen molar-refractivity contribution in [2.75, 3.05) is 23.9 Å². The van der Waals surface area contributed by atoms with Crippen LogP contribution in [0.5, 0.6) is 0 Å². The Morgan fingerprint density at radius 1 is 0.976 bits per heavy atom. The summed E-state index contributed by atoms with van der Waals surface area (Å²) >= 11 is 1.54. The number of hydrogen-bond acceptors (Lipinski definition) is 9. The number of nitrogens with zero attached hydrogens (tertiary/aromatic N) is 5. The first kappa shape index (κ1) is 31.3. The first-order valence-electron chi connectivity index (χ1n) is 12.8. The number of sulfone groups is 1. The molecule has 9 nitrogen and oxygen atoms in total. The maximum atomic E-state index is 11.3. The second-order valence-electron chi connectivity index (χ2n) is 9.57. The number of halogens is 2. The van der Waals surface area contributed by atoms with Gasteiger partial charge in [-0.2, -0.15) is 5.10 Å². The molecule has 6 rings (SSSR count). The van der Waals surface area contributed by atoms with Crippen LogP contribution >= 0.6 is 36.2 Å². The van der Waals surface area contributed by atoms with E-state index in [0.29, 0.717) is 25.5 Å². The van der Waals surface area contributed by atoms with Crippen LogP contribution in [-0.4, -0.2) is 51.7 Å². The second kappa shape index (κ2) is 13.6. The molecule has 0 fully saturated rings. The zero-order valence-corrected chi connectivity index (χ0v) is 25.9. The van der Waals surface area contributed by atoms with Crippen molar-refractivity contribution in [2.24, 2.45) is 0 Å². The average Bonchev–Trinajstić information content (AvgIpc) is 3.58. The summed E-state index contributed by atoms with van der Waals surface area (Å²) in [7, 11) is -2.99. The maximum Gasteiger partial charge on any atom is 0.148 e. The van der Waals surface area contributed by atoms with Crippen molar-refractivity contribution in [2.45, 2.75) is 13.1 Å². The molecule has 0 aliphatic carbocycles. The third kappa shape index (κ3) is 7.42.